The van der Waals surface area contributed by atoms with Crippen molar-refractivity contribution in [3.63, 3.8) is 0 Å². The quantitative estimate of drug-likeness (QED) is 0.693. The molecule has 0 spiro atoms. The molecule has 0 radical (unpaired) electrons. The predicted molar refractivity (Wildman–Crippen MR) is 107 cm³/mol. The van der Waals surface area contributed by atoms with Crippen molar-refractivity contribution in [3.05, 3.63) is 88.7 Å². The molecular weight excluding hydrogens is 322 g/mol. The molecule has 1 aromatic heterocycles. The second-order valence-corrected chi connectivity index (χ2v) is 6.53. The lowest BCUT2D eigenvalue weighted by Crippen LogP contribution is -2.14. The van der Waals surface area contributed by atoms with E-state index in [1.54, 1.807) is 12.3 Å². The maximum Gasteiger partial charge on any atom is 0.274 e. The highest BCUT2D eigenvalue weighted by atomic mass is 16.1. The number of nitrogens with zero attached hydrogens (tertiary/aromatic N) is 1. The van der Waals surface area contributed by atoms with E-state index in [2.05, 4.69) is 40.7 Å². The van der Waals surface area contributed by atoms with Gasteiger partial charge in [-0.05, 0) is 61.7 Å². The molecule has 0 aliphatic carbocycles. The van der Waals surface area contributed by atoms with Crippen molar-refractivity contribution in [1.82, 2.24) is 4.98 Å². The average Bonchev–Trinajstić information content (AvgIpc) is 2.63. The first kappa shape index (κ1) is 17.7. The number of hydrogen-bond acceptors (Lipinski definition) is 3. The minimum absolute atomic E-state index is 0.215. The molecule has 4 nitrogen and oxygen atoms in total. The van der Waals surface area contributed by atoms with Crippen LogP contribution < -0.4 is 10.6 Å². The lowest BCUT2D eigenvalue weighted by molar-refractivity contribution is 0.102. The number of carbonyl (C=O) groups is 1. The predicted octanol–water partition coefficient (Wildman–Crippen LogP) is 4.87. The van der Waals surface area contributed by atoms with Gasteiger partial charge in [0, 0.05) is 24.1 Å². The van der Waals surface area contributed by atoms with Gasteiger partial charge in [-0.15, -0.1) is 0 Å². The van der Waals surface area contributed by atoms with Crippen LogP contribution in [0.5, 0.6) is 0 Å². The normalized spacial score (nSPS) is 10.4. The molecule has 4 heteroatoms. The molecule has 0 saturated carbocycles. The van der Waals surface area contributed by atoms with E-state index in [0.717, 1.165) is 16.9 Å². The monoisotopic (exact) mass is 345 g/mol. The molecule has 0 bridgehead atoms. The van der Waals surface area contributed by atoms with Crippen LogP contribution in [-0.4, -0.2) is 10.9 Å². The highest BCUT2D eigenvalue weighted by Gasteiger charge is 2.09. The zero-order valence-electron chi connectivity index (χ0n) is 15.3. The number of rotatable bonds is 5. The number of carbonyl (C=O) groups excluding carboxylic acids is 1. The third-order valence-corrected chi connectivity index (χ3v) is 4.34. The lowest BCUT2D eigenvalue weighted by Gasteiger charge is -2.10. The fraction of sp³-hybridized carbons (Fsp3) is 0.182. The van der Waals surface area contributed by atoms with Gasteiger partial charge in [0.25, 0.3) is 5.91 Å². The number of anilines is 2. The van der Waals surface area contributed by atoms with Gasteiger partial charge >= 0.3 is 0 Å². The topological polar surface area (TPSA) is 54.0 Å². The molecule has 0 saturated heterocycles. The van der Waals surface area contributed by atoms with Crippen molar-refractivity contribution in [2.45, 2.75) is 27.3 Å². The van der Waals surface area contributed by atoms with Crippen LogP contribution in [0.1, 0.15) is 32.7 Å². The van der Waals surface area contributed by atoms with E-state index >= 15 is 0 Å². The van der Waals surface area contributed by atoms with Gasteiger partial charge in [-0.2, -0.15) is 0 Å². The van der Waals surface area contributed by atoms with Gasteiger partial charge in [-0.3, -0.25) is 9.78 Å². The third-order valence-electron chi connectivity index (χ3n) is 4.34. The first-order chi connectivity index (χ1) is 12.5. The SMILES string of the molecule is Cc1cccc(CNc2ccnc(C(=O)Nc3ccc(C)c(C)c3)c2)c1. The van der Waals surface area contributed by atoms with Gasteiger partial charge in [-0.1, -0.05) is 35.9 Å². The summed E-state index contributed by atoms with van der Waals surface area (Å²) in [5.74, 6) is -0.215. The van der Waals surface area contributed by atoms with Crippen LogP contribution >= 0.6 is 0 Å². The first-order valence-corrected chi connectivity index (χ1v) is 8.65. The molecule has 0 aliphatic rings. The molecule has 0 fully saturated rings. The van der Waals surface area contributed by atoms with E-state index in [1.807, 2.05) is 44.2 Å². The Morgan fingerprint density at radius 1 is 0.923 bits per heavy atom. The fourth-order valence-corrected chi connectivity index (χ4v) is 2.71. The van der Waals surface area contributed by atoms with Gasteiger partial charge < -0.3 is 10.6 Å². The minimum atomic E-state index is -0.215. The third kappa shape index (κ3) is 4.48. The Kier molecular flexibility index (Phi) is 5.32. The summed E-state index contributed by atoms with van der Waals surface area (Å²) < 4.78 is 0. The Morgan fingerprint density at radius 3 is 2.54 bits per heavy atom. The van der Waals surface area contributed by atoms with Gasteiger partial charge in [0.2, 0.25) is 0 Å². The van der Waals surface area contributed by atoms with Gasteiger partial charge in [0.05, 0.1) is 0 Å². The van der Waals surface area contributed by atoms with Crippen LogP contribution in [0.3, 0.4) is 0 Å². The minimum Gasteiger partial charge on any atom is -0.381 e. The number of nitrogens with one attached hydrogen (secondary N) is 2. The fourth-order valence-electron chi connectivity index (χ4n) is 2.71. The van der Waals surface area contributed by atoms with E-state index in [-0.39, 0.29) is 5.91 Å². The van der Waals surface area contributed by atoms with E-state index in [1.165, 1.54) is 16.7 Å². The van der Waals surface area contributed by atoms with E-state index < -0.39 is 0 Å². The van der Waals surface area contributed by atoms with Gasteiger partial charge in [-0.25, -0.2) is 0 Å². The summed E-state index contributed by atoms with van der Waals surface area (Å²) in [5, 5.41) is 6.25. The van der Waals surface area contributed by atoms with Crippen LogP contribution in [0.2, 0.25) is 0 Å². The number of aryl methyl sites for hydroxylation is 3. The van der Waals surface area contributed by atoms with Crippen molar-refractivity contribution in [3.8, 4) is 0 Å². The van der Waals surface area contributed by atoms with E-state index in [0.29, 0.717) is 12.2 Å². The Hall–Kier alpha value is -3.14. The van der Waals surface area contributed by atoms with Crippen molar-refractivity contribution >= 4 is 17.3 Å². The molecule has 26 heavy (non-hydrogen) atoms. The Morgan fingerprint density at radius 2 is 1.77 bits per heavy atom. The summed E-state index contributed by atoms with van der Waals surface area (Å²) in [4.78, 5) is 16.7. The number of amides is 1. The van der Waals surface area contributed by atoms with Gasteiger partial charge in [0.1, 0.15) is 5.69 Å². The molecule has 0 aliphatic heterocycles. The lowest BCUT2D eigenvalue weighted by atomic mass is 10.1. The number of benzene rings is 2. The second kappa shape index (κ2) is 7.83. The molecule has 2 aromatic carbocycles. The van der Waals surface area contributed by atoms with Crippen LogP contribution in [-0.2, 0) is 6.54 Å². The summed E-state index contributed by atoms with van der Waals surface area (Å²) in [6.45, 7) is 6.85. The number of aromatic nitrogens is 1. The summed E-state index contributed by atoms with van der Waals surface area (Å²) >= 11 is 0. The molecule has 3 aromatic rings. The van der Waals surface area contributed by atoms with Crippen LogP contribution in [0.15, 0.2) is 60.8 Å². The van der Waals surface area contributed by atoms with Crippen molar-refractivity contribution in [1.29, 1.82) is 0 Å². The zero-order chi connectivity index (χ0) is 18.5. The molecule has 1 amide bonds. The van der Waals surface area contributed by atoms with E-state index in [4.69, 9.17) is 0 Å². The van der Waals surface area contributed by atoms with Gasteiger partial charge in [0.15, 0.2) is 0 Å². The van der Waals surface area contributed by atoms with Crippen molar-refractivity contribution in [2.24, 2.45) is 0 Å². The average molecular weight is 345 g/mol. The largest absolute Gasteiger partial charge is 0.381 e. The molecule has 1 heterocycles. The molecule has 0 unspecified atom stereocenters. The zero-order valence-corrected chi connectivity index (χ0v) is 15.3. The summed E-state index contributed by atoms with van der Waals surface area (Å²) in [7, 11) is 0. The highest BCUT2D eigenvalue weighted by molar-refractivity contribution is 6.03. The Bertz CT molecular complexity index is 934. The number of hydrogen-bond donors (Lipinski definition) is 2. The van der Waals surface area contributed by atoms with Crippen LogP contribution in [0, 0.1) is 20.8 Å². The van der Waals surface area contributed by atoms with Crippen molar-refractivity contribution < 1.29 is 4.79 Å². The molecule has 3 rings (SSSR count). The smallest absolute Gasteiger partial charge is 0.274 e. The van der Waals surface area contributed by atoms with Crippen LogP contribution in [0.4, 0.5) is 11.4 Å². The highest BCUT2D eigenvalue weighted by Crippen LogP contribution is 2.16. The first-order valence-electron chi connectivity index (χ1n) is 8.65. The summed E-state index contributed by atoms with van der Waals surface area (Å²) in [5.41, 5.74) is 6.80. The molecule has 0 atom stereocenters. The Labute approximate surface area is 154 Å². The molecular formula is C22H23N3O. The van der Waals surface area contributed by atoms with E-state index in [9.17, 15) is 4.79 Å². The molecule has 2 N–H and O–H groups in total. The summed E-state index contributed by atoms with van der Waals surface area (Å²) in [6.07, 6.45) is 1.65. The maximum absolute atomic E-state index is 12.5. The maximum atomic E-state index is 12.5. The van der Waals surface area contributed by atoms with Crippen LogP contribution in [0.25, 0.3) is 0 Å². The number of pyridine rings is 1. The summed E-state index contributed by atoms with van der Waals surface area (Å²) in [6, 6.07) is 17.8. The Balaban J connectivity index is 1.67. The molecule has 132 valence electrons. The van der Waals surface area contributed by atoms with Crippen molar-refractivity contribution in [2.75, 3.05) is 10.6 Å². The standard InChI is InChI=1S/C22H23N3O/c1-15-5-4-6-18(11-15)14-24-19-9-10-23-21(13-19)22(26)25-20-8-7-16(2)17(3)12-20/h4-13H,14H2,1-3H3,(H,23,24)(H,25,26). The second-order valence-electron chi connectivity index (χ2n) is 6.53.